The smallest absolute Gasteiger partial charge is 0.255 e. The van der Waals surface area contributed by atoms with Gasteiger partial charge in [-0.1, -0.05) is 61.0 Å². The van der Waals surface area contributed by atoms with Crippen LogP contribution in [0, 0.1) is 0 Å². The van der Waals surface area contributed by atoms with E-state index in [0.717, 1.165) is 22.5 Å². The molecule has 0 saturated carbocycles. The third-order valence-corrected chi connectivity index (χ3v) is 5.05. The van der Waals surface area contributed by atoms with Crippen LogP contribution in [0.4, 0.5) is 11.6 Å². The highest BCUT2D eigenvalue weighted by molar-refractivity contribution is 6.30. The fourth-order valence-electron chi connectivity index (χ4n) is 3.41. The number of rotatable bonds is 5. The number of aromatic amines is 1. The highest BCUT2D eigenvalue weighted by Crippen LogP contribution is 2.22. The van der Waals surface area contributed by atoms with Crippen LogP contribution in [-0.4, -0.2) is 9.97 Å². The Morgan fingerprint density at radius 1 is 1.00 bits per heavy atom. The first-order valence-electron chi connectivity index (χ1n) is 9.25. The van der Waals surface area contributed by atoms with Gasteiger partial charge in [0.05, 0.1) is 5.69 Å². The van der Waals surface area contributed by atoms with Crippen LogP contribution in [-0.2, 0) is 12.8 Å². The summed E-state index contributed by atoms with van der Waals surface area (Å²) in [6, 6.07) is 21.8. The largest absolute Gasteiger partial charge is 0.326 e. The van der Waals surface area contributed by atoms with Crippen LogP contribution in [0.25, 0.3) is 10.8 Å². The summed E-state index contributed by atoms with van der Waals surface area (Å²) >= 11 is 5.94. The van der Waals surface area contributed by atoms with Gasteiger partial charge in [-0.2, -0.15) is 0 Å². The first-order valence-corrected chi connectivity index (χ1v) is 9.63. The molecule has 140 valence electrons. The number of fused-ring (bicyclic) bond motifs is 1. The average molecular weight is 390 g/mol. The summed E-state index contributed by atoms with van der Waals surface area (Å²) in [7, 11) is 0. The molecule has 28 heavy (non-hydrogen) atoms. The summed E-state index contributed by atoms with van der Waals surface area (Å²) in [5, 5.41) is 6.18. The summed E-state index contributed by atoms with van der Waals surface area (Å²) in [5.74, 6) is 0.430. The zero-order chi connectivity index (χ0) is 19.5. The van der Waals surface area contributed by atoms with E-state index in [2.05, 4.69) is 34.6 Å². The zero-order valence-corrected chi connectivity index (χ0v) is 16.3. The summed E-state index contributed by atoms with van der Waals surface area (Å²) in [4.78, 5) is 20.2. The number of anilines is 2. The molecule has 0 amide bonds. The minimum Gasteiger partial charge on any atom is -0.326 e. The molecule has 0 atom stereocenters. The van der Waals surface area contributed by atoms with Gasteiger partial charge in [-0.3, -0.25) is 9.78 Å². The second-order valence-corrected chi connectivity index (χ2v) is 7.08. The maximum absolute atomic E-state index is 12.6. The third kappa shape index (κ3) is 3.78. The monoisotopic (exact) mass is 389 g/mol. The molecule has 0 radical (unpaired) electrons. The molecular formula is C23H20ClN3O. The van der Waals surface area contributed by atoms with E-state index < -0.39 is 0 Å². The molecule has 0 unspecified atom stereocenters. The van der Waals surface area contributed by atoms with Crippen LogP contribution in [0.2, 0.25) is 5.02 Å². The van der Waals surface area contributed by atoms with Crippen LogP contribution >= 0.6 is 11.6 Å². The van der Waals surface area contributed by atoms with Gasteiger partial charge in [-0.05, 0) is 47.0 Å². The molecule has 0 saturated heterocycles. The average Bonchev–Trinajstić information content (AvgIpc) is 2.70. The topological polar surface area (TPSA) is 57.8 Å². The molecule has 4 aromatic rings. The van der Waals surface area contributed by atoms with E-state index in [0.29, 0.717) is 23.8 Å². The minimum atomic E-state index is -0.107. The Morgan fingerprint density at radius 3 is 2.54 bits per heavy atom. The van der Waals surface area contributed by atoms with Crippen molar-refractivity contribution < 1.29 is 0 Å². The zero-order valence-electron chi connectivity index (χ0n) is 15.5. The highest BCUT2D eigenvalue weighted by atomic mass is 35.5. The Balaban J connectivity index is 1.73. The highest BCUT2D eigenvalue weighted by Gasteiger charge is 2.12. The van der Waals surface area contributed by atoms with E-state index in [1.54, 1.807) is 12.1 Å². The Bertz CT molecular complexity index is 1180. The number of nitrogens with one attached hydrogen (secondary N) is 2. The number of nitrogens with zero attached hydrogens (tertiary/aromatic N) is 1. The second-order valence-electron chi connectivity index (χ2n) is 6.64. The fraction of sp³-hybridized carbons (Fsp3) is 0.130. The molecule has 4 rings (SSSR count). The summed E-state index contributed by atoms with van der Waals surface area (Å²) in [6.45, 7) is 1.98. The molecule has 5 heteroatoms. The normalized spacial score (nSPS) is 10.9. The predicted molar refractivity (Wildman–Crippen MR) is 116 cm³/mol. The molecule has 1 aromatic heterocycles. The molecule has 0 aliphatic rings. The van der Waals surface area contributed by atoms with Gasteiger partial charge in [0.2, 0.25) is 5.95 Å². The Kier molecular flexibility index (Phi) is 5.13. The van der Waals surface area contributed by atoms with Gasteiger partial charge in [-0.25, -0.2) is 4.98 Å². The van der Waals surface area contributed by atoms with E-state index >= 15 is 0 Å². The van der Waals surface area contributed by atoms with Crippen LogP contribution in [0.3, 0.4) is 0 Å². The van der Waals surface area contributed by atoms with Gasteiger partial charge in [0.15, 0.2) is 0 Å². The van der Waals surface area contributed by atoms with Crippen molar-refractivity contribution in [2.45, 2.75) is 19.8 Å². The Hall–Kier alpha value is -3.11. The molecule has 0 bridgehead atoms. The summed E-state index contributed by atoms with van der Waals surface area (Å²) < 4.78 is 0. The maximum Gasteiger partial charge on any atom is 0.255 e. The van der Waals surface area contributed by atoms with Crippen molar-refractivity contribution >= 4 is 34.0 Å². The summed E-state index contributed by atoms with van der Waals surface area (Å²) in [6.07, 6.45) is 1.23. The number of hydrogen-bond donors (Lipinski definition) is 2. The van der Waals surface area contributed by atoms with Crippen molar-refractivity contribution in [3.8, 4) is 0 Å². The van der Waals surface area contributed by atoms with Crippen molar-refractivity contribution in [3.63, 3.8) is 0 Å². The number of aromatic nitrogens is 2. The van der Waals surface area contributed by atoms with Gasteiger partial charge in [0, 0.05) is 22.7 Å². The van der Waals surface area contributed by atoms with Crippen LogP contribution in [0.5, 0.6) is 0 Å². The van der Waals surface area contributed by atoms with Crippen molar-refractivity contribution in [1.82, 2.24) is 9.97 Å². The number of halogens is 1. The van der Waals surface area contributed by atoms with E-state index in [1.165, 1.54) is 10.8 Å². The van der Waals surface area contributed by atoms with Gasteiger partial charge in [-0.15, -0.1) is 0 Å². The van der Waals surface area contributed by atoms with Gasteiger partial charge < -0.3 is 5.32 Å². The quantitative estimate of drug-likeness (QED) is 0.475. The van der Waals surface area contributed by atoms with Crippen molar-refractivity contribution in [3.05, 3.63) is 98.9 Å². The van der Waals surface area contributed by atoms with Crippen molar-refractivity contribution in [2.75, 3.05) is 5.32 Å². The molecule has 0 spiro atoms. The molecule has 0 aliphatic heterocycles. The predicted octanol–water partition coefficient (Wildman–Crippen LogP) is 5.47. The fourth-order valence-corrected chi connectivity index (χ4v) is 3.54. The molecule has 0 fully saturated rings. The molecule has 0 aliphatic carbocycles. The van der Waals surface area contributed by atoms with Crippen molar-refractivity contribution in [2.24, 2.45) is 0 Å². The van der Waals surface area contributed by atoms with Crippen LogP contribution in [0.1, 0.15) is 23.7 Å². The summed E-state index contributed by atoms with van der Waals surface area (Å²) in [5.41, 5.74) is 3.37. The van der Waals surface area contributed by atoms with Crippen LogP contribution in [0.15, 0.2) is 71.5 Å². The van der Waals surface area contributed by atoms with E-state index in [4.69, 9.17) is 16.6 Å². The number of hydrogen-bond acceptors (Lipinski definition) is 3. The Labute approximate surface area is 168 Å². The molecule has 3 aromatic carbocycles. The SMILES string of the molecule is CCc1c(Cc2cccc3ccccc23)nc(Nc2ccc(Cl)cc2)[nH]c1=O. The van der Waals surface area contributed by atoms with Gasteiger partial charge in [0.1, 0.15) is 0 Å². The molecule has 2 N–H and O–H groups in total. The van der Waals surface area contributed by atoms with E-state index in [9.17, 15) is 4.79 Å². The Morgan fingerprint density at radius 2 is 1.75 bits per heavy atom. The molecule has 1 heterocycles. The first-order chi connectivity index (χ1) is 13.6. The number of H-pyrrole nitrogens is 1. The number of benzene rings is 3. The second kappa shape index (κ2) is 7.87. The lowest BCUT2D eigenvalue weighted by molar-refractivity contribution is 0.932. The minimum absolute atomic E-state index is 0.107. The lowest BCUT2D eigenvalue weighted by Crippen LogP contribution is -2.19. The van der Waals surface area contributed by atoms with Crippen LogP contribution < -0.4 is 10.9 Å². The van der Waals surface area contributed by atoms with E-state index in [1.807, 2.05) is 37.3 Å². The third-order valence-electron chi connectivity index (χ3n) is 4.80. The molecular weight excluding hydrogens is 370 g/mol. The van der Waals surface area contributed by atoms with Gasteiger partial charge >= 0.3 is 0 Å². The van der Waals surface area contributed by atoms with Gasteiger partial charge in [0.25, 0.3) is 5.56 Å². The first kappa shape index (κ1) is 18.3. The van der Waals surface area contributed by atoms with E-state index in [-0.39, 0.29) is 5.56 Å². The maximum atomic E-state index is 12.6. The standard InChI is InChI=1S/C23H20ClN3O/c1-2-19-21(14-16-8-5-7-15-6-3-4-9-20(15)16)26-23(27-22(19)28)25-18-12-10-17(24)11-13-18/h3-13H,2,14H2,1H3,(H2,25,26,27,28). The molecule has 4 nitrogen and oxygen atoms in total. The lowest BCUT2D eigenvalue weighted by Gasteiger charge is -2.12. The van der Waals surface area contributed by atoms with Crippen molar-refractivity contribution in [1.29, 1.82) is 0 Å². The lowest BCUT2D eigenvalue weighted by atomic mass is 9.99.